The van der Waals surface area contributed by atoms with Crippen molar-refractivity contribution in [1.29, 1.82) is 0 Å². The zero-order valence-corrected chi connectivity index (χ0v) is 16.3. The summed E-state index contributed by atoms with van der Waals surface area (Å²) in [7, 11) is 0. The van der Waals surface area contributed by atoms with Gasteiger partial charge >= 0.3 is 0 Å². The van der Waals surface area contributed by atoms with E-state index in [1.807, 2.05) is 6.07 Å². The molecule has 9 heteroatoms. The van der Waals surface area contributed by atoms with Gasteiger partial charge in [0.05, 0.1) is 22.8 Å². The normalized spacial score (nSPS) is 10.9. The van der Waals surface area contributed by atoms with Crippen LogP contribution in [0.5, 0.6) is 0 Å². The number of rotatable bonds is 5. The standard InChI is InChI=1S/C20H13Cl2FN4O2/c21-15-6-2-4-13(19(15)22)11-27-18(7-8-24-27)25-20(28)17-10-16(26-29-17)12-3-1-5-14(23)9-12/h1-10H,11H2,(H,25,28). The molecule has 0 aliphatic rings. The Morgan fingerprint density at radius 3 is 2.79 bits per heavy atom. The Hall–Kier alpha value is -3.16. The number of benzene rings is 2. The van der Waals surface area contributed by atoms with Gasteiger partial charge in [-0.2, -0.15) is 5.10 Å². The average Bonchev–Trinajstić information content (AvgIpc) is 3.35. The molecule has 1 N–H and O–H groups in total. The molecule has 4 aromatic rings. The number of amides is 1. The molecular formula is C20H13Cl2FN4O2. The summed E-state index contributed by atoms with van der Waals surface area (Å²) in [5.41, 5.74) is 1.62. The number of nitrogens with zero attached hydrogens (tertiary/aromatic N) is 3. The highest BCUT2D eigenvalue weighted by Crippen LogP contribution is 2.27. The fraction of sp³-hybridized carbons (Fsp3) is 0.0500. The van der Waals surface area contributed by atoms with Gasteiger partial charge in [-0.05, 0) is 23.8 Å². The number of anilines is 1. The summed E-state index contributed by atoms with van der Waals surface area (Å²) in [5, 5.41) is 11.6. The molecule has 0 saturated carbocycles. The van der Waals surface area contributed by atoms with Crippen molar-refractivity contribution in [3.05, 3.63) is 88.0 Å². The quantitative estimate of drug-likeness (QED) is 0.467. The van der Waals surface area contributed by atoms with Crippen LogP contribution < -0.4 is 5.32 Å². The monoisotopic (exact) mass is 430 g/mol. The first-order valence-corrected chi connectivity index (χ1v) is 9.25. The van der Waals surface area contributed by atoms with Gasteiger partial charge < -0.3 is 9.84 Å². The summed E-state index contributed by atoms with van der Waals surface area (Å²) in [5.74, 6) is -0.494. The van der Waals surface area contributed by atoms with E-state index in [0.29, 0.717) is 33.7 Å². The number of carbonyl (C=O) groups is 1. The van der Waals surface area contributed by atoms with E-state index in [1.54, 1.807) is 41.2 Å². The third-order valence-electron chi connectivity index (χ3n) is 4.16. The number of nitrogens with one attached hydrogen (secondary N) is 1. The van der Waals surface area contributed by atoms with Crippen molar-refractivity contribution in [3.8, 4) is 11.3 Å². The third-order valence-corrected chi connectivity index (χ3v) is 5.02. The van der Waals surface area contributed by atoms with Gasteiger partial charge in [-0.3, -0.25) is 4.79 Å². The zero-order valence-electron chi connectivity index (χ0n) is 14.8. The summed E-state index contributed by atoms with van der Waals surface area (Å²) in [6.45, 7) is 0.312. The van der Waals surface area contributed by atoms with Gasteiger partial charge in [0.25, 0.3) is 5.91 Å². The molecule has 0 spiro atoms. The van der Waals surface area contributed by atoms with Crippen molar-refractivity contribution in [1.82, 2.24) is 14.9 Å². The first kappa shape index (κ1) is 19.2. The van der Waals surface area contributed by atoms with Gasteiger partial charge in [0.2, 0.25) is 5.76 Å². The Morgan fingerprint density at radius 2 is 1.97 bits per heavy atom. The lowest BCUT2D eigenvalue weighted by Gasteiger charge is -2.10. The largest absolute Gasteiger partial charge is 0.350 e. The summed E-state index contributed by atoms with van der Waals surface area (Å²) in [6, 6.07) is 14.2. The molecule has 0 aliphatic heterocycles. The van der Waals surface area contributed by atoms with Crippen molar-refractivity contribution in [2.24, 2.45) is 0 Å². The predicted octanol–water partition coefficient (Wildman–Crippen LogP) is 5.28. The maximum atomic E-state index is 13.4. The highest BCUT2D eigenvalue weighted by molar-refractivity contribution is 6.42. The molecule has 146 valence electrons. The highest BCUT2D eigenvalue weighted by Gasteiger charge is 2.17. The third kappa shape index (κ3) is 4.16. The molecule has 0 saturated heterocycles. The SMILES string of the molecule is O=C(Nc1ccnn1Cc1cccc(Cl)c1Cl)c1cc(-c2cccc(F)c2)no1. The second-order valence-corrected chi connectivity index (χ2v) is 6.91. The number of aromatic nitrogens is 3. The van der Waals surface area contributed by atoms with E-state index in [1.165, 1.54) is 18.2 Å². The lowest BCUT2D eigenvalue weighted by Crippen LogP contribution is -2.15. The first-order chi connectivity index (χ1) is 14.0. The minimum Gasteiger partial charge on any atom is -0.350 e. The Bertz CT molecular complexity index is 1190. The Morgan fingerprint density at radius 1 is 1.14 bits per heavy atom. The van der Waals surface area contributed by atoms with Gasteiger partial charge in [-0.1, -0.05) is 52.6 Å². The molecule has 0 bridgehead atoms. The Kier molecular flexibility index (Phi) is 5.33. The van der Waals surface area contributed by atoms with Crippen LogP contribution in [0.2, 0.25) is 10.0 Å². The molecule has 0 unspecified atom stereocenters. The van der Waals surface area contributed by atoms with Crippen LogP contribution in [0.15, 0.2) is 65.3 Å². The molecule has 1 amide bonds. The second kappa shape index (κ2) is 8.06. The highest BCUT2D eigenvalue weighted by atomic mass is 35.5. The Balaban J connectivity index is 1.52. The molecule has 2 heterocycles. The van der Waals surface area contributed by atoms with Crippen LogP contribution in [0.3, 0.4) is 0 Å². The topological polar surface area (TPSA) is 73.0 Å². The molecule has 2 aromatic heterocycles. The number of hydrogen-bond acceptors (Lipinski definition) is 4. The fourth-order valence-electron chi connectivity index (χ4n) is 2.74. The molecule has 0 fully saturated rings. The van der Waals surface area contributed by atoms with Crippen molar-refractivity contribution >= 4 is 34.9 Å². The molecule has 0 aliphatic carbocycles. The minimum atomic E-state index is -0.515. The lowest BCUT2D eigenvalue weighted by atomic mass is 10.1. The van der Waals surface area contributed by atoms with Gasteiger partial charge in [0.15, 0.2) is 0 Å². The number of halogens is 3. The summed E-state index contributed by atoms with van der Waals surface area (Å²) in [6.07, 6.45) is 1.55. The van der Waals surface area contributed by atoms with Gasteiger partial charge in [-0.25, -0.2) is 9.07 Å². The van der Waals surface area contributed by atoms with Crippen LogP contribution in [0.25, 0.3) is 11.3 Å². The number of hydrogen-bond donors (Lipinski definition) is 1. The van der Waals surface area contributed by atoms with Crippen LogP contribution in [0, 0.1) is 5.82 Å². The summed E-state index contributed by atoms with van der Waals surface area (Å²) < 4.78 is 20.1. The van der Waals surface area contributed by atoms with E-state index in [9.17, 15) is 9.18 Å². The van der Waals surface area contributed by atoms with E-state index in [0.717, 1.165) is 5.56 Å². The predicted molar refractivity (Wildman–Crippen MR) is 108 cm³/mol. The minimum absolute atomic E-state index is 0.0159. The molecular weight excluding hydrogens is 418 g/mol. The maximum Gasteiger partial charge on any atom is 0.295 e. The first-order valence-electron chi connectivity index (χ1n) is 8.50. The van der Waals surface area contributed by atoms with E-state index >= 15 is 0 Å². The smallest absolute Gasteiger partial charge is 0.295 e. The lowest BCUT2D eigenvalue weighted by molar-refractivity contribution is 0.0987. The van der Waals surface area contributed by atoms with E-state index in [-0.39, 0.29) is 5.76 Å². The molecule has 6 nitrogen and oxygen atoms in total. The molecule has 0 radical (unpaired) electrons. The molecule has 2 aromatic carbocycles. The van der Waals surface area contributed by atoms with Crippen LogP contribution in [0.4, 0.5) is 10.2 Å². The van der Waals surface area contributed by atoms with Crippen LogP contribution in [-0.2, 0) is 6.54 Å². The van der Waals surface area contributed by atoms with Gasteiger partial charge in [-0.15, -0.1) is 0 Å². The van der Waals surface area contributed by atoms with Crippen molar-refractivity contribution in [2.45, 2.75) is 6.54 Å². The van der Waals surface area contributed by atoms with E-state index in [4.69, 9.17) is 27.7 Å². The summed E-state index contributed by atoms with van der Waals surface area (Å²) >= 11 is 12.3. The van der Waals surface area contributed by atoms with Crippen LogP contribution in [0.1, 0.15) is 16.1 Å². The maximum absolute atomic E-state index is 13.4. The second-order valence-electron chi connectivity index (χ2n) is 6.13. The van der Waals surface area contributed by atoms with E-state index < -0.39 is 11.7 Å². The Labute approximate surface area is 174 Å². The van der Waals surface area contributed by atoms with Crippen LogP contribution in [-0.4, -0.2) is 20.8 Å². The molecule has 29 heavy (non-hydrogen) atoms. The fourth-order valence-corrected chi connectivity index (χ4v) is 3.12. The van der Waals surface area contributed by atoms with Crippen molar-refractivity contribution in [3.63, 3.8) is 0 Å². The van der Waals surface area contributed by atoms with E-state index in [2.05, 4.69) is 15.6 Å². The molecule has 0 atom stereocenters. The average molecular weight is 431 g/mol. The summed E-state index contributed by atoms with van der Waals surface area (Å²) in [4.78, 5) is 12.5. The number of carbonyl (C=O) groups excluding carboxylic acids is 1. The zero-order chi connectivity index (χ0) is 20.4. The van der Waals surface area contributed by atoms with Gasteiger partial charge in [0.1, 0.15) is 17.3 Å². The van der Waals surface area contributed by atoms with Crippen molar-refractivity contribution < 1.29 is 13.7 Å². The van der Waals surface area contributed by atoms with Gasteiger partial charge in [0, 0.05) is 17.7 Å². The van der Waals surface area contributed by atoms with Crippen molar-refractivity contribution in [2.75, 3.05) is 5.32 Å². The molecule has 4 rings (SSSR count). The van der Waals surface area contributed by atoms with Crippen LogP contribution >= 0.6 is 23.2 Å².